The highest BCUT2D eigenvalue weighted by Crippen LogP contribution is 2.28. The van der Waals surface area contributed by atoms with E-state index in [1.807, 2.05) is 0 Å². The Balaban J connectivity index is 2.88. The molecule has 1 rings (SSSR count). The van der Waals surface area contributed by atoms with Crippen LogP contribution in [0.4, 0.5) is 0 Å². The topological polar surface area (TPSA) is 20.2 Å². The maximum Gasteiger partial charge on any atom is 0.122 e. The Labute approximate surface area is 179 Å². The van der Waals surface area contributed by atoms with Gasteiger partial charge in [-0.1, -0.05) is 65.7 Å². The molecule has 29 heavy (non-hydrogen) atoms. The van der Waals surface area contributed by atoms with Gasteiger partial charge in [0.2, 0.25) is 0 Å². The first-order chi connectivity index (χ1) is 13.7. The fraction of sp³-hybridized carbons (Fsp3) is 0.500. The molecule has 0 heterocycles. The maximum atomic E-state index is 10.9. The van der Waals surface area contributed by atoms with Gasteiger partial charge in [0.1, 0.15) is 5.75 Å². The molecule has 0 aliphatic heterocycles. The number of aromatic hydroxyl groups is 1. The number of phenolic OH excluding ortho intramolecular Hbond substituents is 1. The molecule has 0 saturated carbocycles. The van der Waals surface area contributed by atoms with Crippen LogP contribution in [0.25, 0.3) is 0 Å². The van der Waals surface area contributed by atoms with Gasteiger partial charge in [-0.3, -0.25) is 0 Å². The largest absolute Gasteiger partial charge is 0.507 e. The van der Waals surface area contributed by atoms with Gasteiger partial charge in [0.25, 0.3) is 0 Å². The molecule has 0 aliphatic rings. The predicted octanol–water partition coefficient (Wildman–Crippen LogP) is 8.43. The average Bonchev–Trinajstić information content (AvgIpc) is 2.65. The van der Waals surface area contributed by atoms with Gasteiger partial charge in [-0.25, -0.2) is 0 Å². The third-order valence-electron chi connectivity index (χ3n) is 5.26. The minimum Gasteiger partial charge on any atom is -0.507 e. The van der Waals surface area contributed by atoms with Crippen LogP contribution in [0, 0.1) is 0 Å². The van der Waals surface area contributed by atoms with Crippen LogP contribution >= 0.6 is 0 Å². The summed E-state index contributed by atoms with van der Waals surface area (Å²) in [4.78, 5) is 0. The van der Waals surface area contributed by atoms with Gasteiger partial charge in [-0.15, -0.1) is 0 Å². The van der Waals surface area contributed by atoms with Gasteiger partial charge >= 0.3 is 0 Å². The Kier molecular flexibility index (Phi) is 11.4. The molecule has 1 N–H and O–H groups in total. The fourth-order valence-corrected chi connectivity index (χ4v) is 3.30. The van der Waals surface area contributed by atoms with Crippen molar-refractivity contribution in [3.63, 3.8) is 0 Å². The smallest absolute Gasteiger partial charge is 0.122 e. The quantitative estimate of drug-likeness (QED) is 0.373. The minimum atomic E-state index is 0.476. The Bertz CT molecular complexity index is 702. The first-order valence-electron chi connectivity index (χ1n) is 11.1. The molecule has 0 amide bonds. The molecule has 1 nitrogen and oxygen atoms in total. The SMILES string of the molecule is CCc1cc(C/C=C(\C)CCC=C(C)C)c(O)c(C/C=C(\C)CCC=C(C)C)c1. The molecule has 0 aromatic heterocycles. The van der Waals surface area contributed by atoms with Crippen LogP contribution in [0.2, 0.25) is 0 Å². The highest BCUT2D eigenvalue weighted by atomic mass is 16.3. The van der Waals surface area contributed by atoms with Crippen molar-refractivity contribution in [3.8, 4) is 5.75 Å². The second-order valence-corrected chi connectivity index (χ2v) is 8.77. The van der Waals surface area contributed by atoms with Crippen molar-refractivity contribution in [1.82, 2.24) is 0 Å². The van der Waals surface area contributed by atoms with Crippen LogP contribution in [0.3, 0.4) is 0 Å². The van der Waals surface area contributed by atoms with E-state index in [2.05, 4.69) is 84.9 Å². The van der Waals surface area contributed by atoms with E-state index in [9.17, 15) is 5.11 Å². The van der Waals surface area contributed by atoms with Crippen LogP contribution in [0.15, 0.2) is 58.7 Å². The Morgan fingerprint density at radius 3 is 1.48 bits per heavy atom. The van der Waals surface area contributed by atoms with E-state index >= 15 is 0 Å². The van der Waals surface area contributed by atoms with Crippen molar-refractivity contribution in [2.45, 2.75) is 93.4 Å². The van der Waals surface area contributed by atoms with Crippen molar-refractivity contribution in [3.05, 3.63) is 75.4 Å². The van der Waals surface area contributed by atoms with Gasteiger partial charge < -0.3 is 5.11 Å². The summed E-state index contributed by atoms with van der Waals surface area (Å²) in [6, 6.07) is 4.34. The summed E-state index contributed by atoms with van der Waals surface area (Å²) in [5, 5.41) is 10.9. The monoisotopic (exact) mass is 394 g/mol. The first-order valence-corrected chi connectivity index (χ1v) is 11.1. The summed E-state index contributed by atoms with van der Waals surface area (Å²) in [5.41, 5.74) is 8.94. The molecule has 0 radical (unpaired) electrons. The number of allylic oxidation sites excluding steroid dienone is 8. The minimum absolute atomic E-state index is 0.476. The first kappa shape index (κ1) is 25.0. The number of hydrogen-bond donors (Lipinski definition) is 1. The summed E-state index contributed by atoms with van der Waals surface area (Å²) in [6.07, 6.45) is 16.1. The second-order valence-electron chi connectivity index (χ2n) is 8.77. The van der Waals surface area contributed by atoms with Crippen LogP contribution in [-0.2, 0) is 19.3 Å². The molecular formula is C28H42O. The van der Waals surface area contributed by atoms with Crippen molar-refractivity contribution < 1.29 is 5.11 Å². The Morgan fingerprint density at radius 1 is 0.724 bits per heavy atom. The molecule has 1 aromatic rings. The van der Waals surface area contributed by atoms with Crippen molar-refractivity contribution >= 4 is 0 Å². The van der Waals surface area contributed by atoms with E-state index in [0.29, 0.717) is 5.75 Å². The van der Waals surface area contributed by atoms with E-state index in [1.165, 1.54) is 27.9 Å². The third kappa shape index (κ3) is 10.4. The second kappa shape index (κ2) is 13.2. The normalized spacial score (nSPS) is 12.1. The van der Waals surface area contributed by atoms with Crippen LogP contribution in [-0.4, -0.2) is 5.11 Å². The number of rotatable bonds is 11. The summed E-state index contributed by atoms with van der Waals surface area (Å²) in [5.74, 6) is 0.476. The zero-order valence-corrected chi connectivity index (χ0v) is 19.9. The third-order valence-corrected chi connectivity index (χ3v) is 5.26. The molecule has 0 fully saturated rings. The number of phenols is 1. The van der Waals surface area contributed by atoms with Gasteiger partial charge in [-0.2, -0.15) is 0 Å². The standard InChI is InChI=1S/C28H42O/c1-8-25-19-26(17-15-23(6)13-9-11-21(2)3)28(29)27(20-25)18-16-24(7)14-10-12-22(4)5/h11-12,15-16,19-20,29H,8-10,13-14,17-18H2,1-7H3/b23-15+,24-16+. The van der Waals surface area contributed by atoms with Crippen LogP contribution in [0.5, 0.6) is 5.75 Å². The van der Waals surface area contributed by atoms with E-state index in [-0.39, 0.29) is 0 Å². The lowest BCUT2D eigenvalue weighted by Crippen LogP contribution is -1.95. The number of aryl methyl sites for hydroxylation is 1. The van der Waals surface area contributed by atoms with Gasteiger partial charge in [-0.05, 0) is 103 Å². The van der Waals surface area contributed by atoms with Gasteiger partial charge in [0.05, 0.1) is 0 Å². The molecule has 0 atom stereocenters. The molecule has 0 spiro atoms. The molecule has 1 heteroatoms. The van der Waals surface area contributed by atoms with E-state index in [4.69, 9.17) is 0 Å². The summed E-state index contributed by atoms with van der Waals surface area (Å²) >= 11 is 0. The van der Waals surface area contributed by atoms with E-state index in [0.717, 1.165) is 56.1 Å². The van der Waals surface area contributed by atoms with Crippen molar-refractivity contribution in [2.75, 3.05) is 0 Å². The Morgan fingerprint density at radius 2 is 1.14 bits per heavy atom. The molecule has 1 aromatic carbocycles. The van der Waals surface area contributed by atoms with E-state index < -0.39 is 0 Å². The van der Waals surface area contributed by atoms with Crippen LogP contribution < -0.4 is 0 Å². The lowest BCUT2D eigenvalue weighted by atomic mass is 9.96. The van der Waals surface area contributed by atoms with E-state index in [1.54, 1.807) is 0 Å². The lowest BCUT2D eigenvalue weighted by molar-refractivity contribution is 0.463. The highest BCUT2D eigenvalue weighted by molar-refractivity contribution is 5.46. The molecule has 0 saturated heterocycles. The van der Waals surface area contributed by atoms with Gasteiger partial charge in [0.15, 0.2) is 0 Å². The average molecular weight is 395 g/mol. The molecule has 160 valence electrons. The molecule has 0 unspecified atom stereocenters. The fourth-order valence-electron chi connectivity index (χ4n) is 3.30. The summed E-state index contributed by atoms with van der Waals surface area (Å²) in [6.45, 7) is 15.2. The zero-order valence-electron chi connectivity index (χ0n) is 19.9. The zero-order chi connectivity index (χ0) is 21.8. The molecular weight excluding hydrogens is 352 g/mol. The molecule has 0 bridgehead atoms. The number of hydrogen-bond acceptors (Lipinski definition) is 1. The summed E-state index contributed by atoms with van der Waals surface area (Å²) < 4.78 is 0. The molecule has 0 aliphatic carbocycles. The van der Waals surface area contributed by atoms with Crippen LogP contribution in [0.1, 0.15) is 90.8 Å². The number of benzene rings is 1. The van der Waals surface area contributed by atoms with Crippen molar-refractivity contribution in [2.24, 2.45) is 0 Å². The highest BCUT2D eigenvalue weighted by Gasteiger charge is 2.08. The van der Waals surface area contributed by atoms with Gasteiger partial charge in [0, 0.05) is 0 Å². The Hall–Kier alpha value is -2.02. The summed E-state index contributed by atoms with van der Waals surface area (Å²) in [7, 11) is 0. The van der Waals surface area contributed by atoms with Crippen molar-refractivity contribution in [1.29, 1.82) is 0 Å². The maximum absolute atomic E-state index is 10.9. The lowest BCUT2D eigenvalue weighted by Gasteiger charge is -2.12. The predicted molar refractivity (Wildman–Crippen MR) is 130 cm³/mol.